The standard InChI is InChI=1S/C10H21N5O2/c1-17-7-3-6-13-10(15-11)14-8-4-2-5-12-9(8)16/h8H,2-7,11H2,1H3,(H,12,16)(H2,13,14,15). The van der Waals surface area contributed by atoms with Crippen molar-refractivity contribution in [3.63, 3.8) is 0 Å². The molecule has 0 aromatic carbocycles. The zero-order chi connectivity index (χ0) is 12.5. The van der Waals surface area contributed by atoms with E-state index in [1.54, 1.807) is 7.11 Å². The number of aliphatic imine (C=N–C) groups is 1. The quantitative estimate of drug-likeness (QED) is 0.158. The third-order valence-corrected chi connectivity index (χ3v) is 2.51. The molecule has 0 spiro atoms. The van der Waals surface area contributed by atoms with E-state index in [9.17, 15) is 4.79 Å². The Morgan fingerprint density at radius 2 is 2.53 bits per heavy atom. The molecule has 0 radical (unpaired) electrons. The SMILES string of the molecule is COCCCN=C(NN)NC1CCCNC1=O. The van der Waals surface area contributed by atoms with Crippen LogP contribution in [0.1, 0.15) is 19.3 Å². The number of hydrogen-bond acceptors (Lipinski definition) is 4. The predicted octanol–water partition coefficient (Wildman–Crippen LogP) is -1.29. The summed E-state index contributed by atoms with van der Waals surface area (Å²) in [5, 5.41) is 5.79. The topological polar surface area (TPSA) is 101 Å². The molecule has 1 amide bonds. The van der Waals surface area contributed by atoms with Crippen LogP contribution in [0.3, 0.4) is 0 Å². The van der Waals surface area contributed by atoms with Crippen molar-refractivity contribution in [2.24, 2.45) is 10.8 Å². The van der Waals surface area contributed by atoms with Gasteiger partial charge in [-0.15, -0.1) is 0 Å². The molecular formula is C10H21N5O2. The monoisotopic (exact) mass is 243 g/mol. The van der Waals surface area contributed by atoms with Crippen LogP contribution >= 0.6 is 0 Å². The molecule has 7 heteroatoms. The fraction of sp³-hybridized carbons (Fsp3) is 0.800. The van der Waals surface area contributed by atoms with Crippen LogP contribution in [-0.2, 0) is 9.53 Å². The van der Waals surface area contributed by atoms with Crippen LogP contribution in [0.5, 0.6) is 0 Å². The van der Waals surface area contributed by atoms with E-state index in [-0.39, 0.29) is 11.9 Å². The predicted molar refractivity (Wildman–Crippen MR) is 65.3 cm³/mol. The summed E-state index contributed by atoms with van der Waals surface area (Å²) in [7, 11) is 1.65. The molecule has 0 bridgehead atoms. The van der Waals surface area contributed by atoms with Gasteiger partial charge < -0.3 is 15.4 Å². The van der Waals surface area contributed by atoms with Gasteiger partial charge in [-0.2, -0.15) is 0 Å². The van der Waals surface area contributed by atoms with Crippen LogP contribution in [-0.4, -0.2) is 44.7 Å². The van der Waals surface area contributed by atoms with Gasteiger partial charge in [0, 0.05) is 26.8 Å². The third-order valence-electron chi connectivity index (χ3n) is 2.51. The first-order valence-corrected chi connectivity index (χ1v) is 5.82. The van der Waals surface area contributed by atoms with Crippen LogP contribution < -0.4 is 21.9 Å². The zero-order valence-corrected chi connectivity index (χ0v) is 10.2. The highest BCUT2D eigenvalue weighted by Crippen LogP contribution is 2.02. The number of nitrogens with one attached hydrogen (secondary N) is 3. The molecular weight excluding hydrogens is 222 g/mol. The van der Waals surface area contributed by atoms with Gasteiger partial charge in [0.25, 0.3) is 0 Å². The summed E-state index contributed by atoms with van der Waals surface area (Å²) in [6, 6.07) is -0.249. The normalized spacial score (nSPS) is 20.9. The van der Waals surface area contributed by atoms with E-state index in [4.69, 9.17) is 10.6 Å². The average molecular weight is 243 g/mol. The highest BCUT2D eigenvalue weighted by Gasteiger charge is 2.22. The Bertz CT molecular complexity index is 269. The summed E-state index contributed by atoms with van der Waals surface area (Å²) in [4.78, 5) is 15.7. The second kappa shape index (κ2) is 7.86. The first-order chi connectivity index (χ1) is 8.27. The average Bonchev–Trinajstić information content (AvgIpc) is 2.35. The third kappa shape index (κ3) is 5.01. The van der Waals surface area contributed by atoms with Crippen molar-refractivity contribution in [1.29, 1.82) is 0 Å². The minimum atomic E-state index is -0.249. The number of ether oxygens (including phenoxy) is 1. The van der Waals surface area contributed by atoms with E-state index < -0.39 is 0 Å². The molecule has 17 heavy (non-hydrogen) atoms. The van der Waals surface area contributed by atoms with Gasteiger partial charge in [0.2, 0.25) is 11.9 Å². The minimum Gasteiger partial charge on any atom is -0.385 e. The number of hydrazine groups is 1. The summed E-state index contributed by atoms with van der Waals surface area (Å²) in [6.45, 7) is 2.01. The zero-order valence-electron chi connectivity index (χ0n) is 10.2. The number of rotatable bonds is 5. The fourth-order valence-electron chi connectivity index (χ4n) is 1.61. The van der Waals surface area contributed by atoms with Crippen LogP contribution in [0.15, 0.2) is 4.99 Å². The molecule has 1 aliphatic rings. The van der Waals surface area contributed by atoms with Crippen molar-refractivity contribution in [2.75, 3.05) is 26.8 Å². The van der Waals surface area contributed by atoms with Gasteiger partial charge in [0.15, 0.2) is 0 Å². The molecule has 0 aromatic rings. The van der Waals surface area contributed by atoms with Gasteiger partial charge in [-0.05, 0) is 19.3 Å². The molecule has 1 saturated heterocycles. The van der Waals surface area contributed by atoms with Crippen molar-refractivity contribution in [3.8, 4) is 0 Å². The van der Waals surface area contributed by atoms with Gasteiger partial charge in [0.1, 0.15) is 6.04 Å². The summed E-state index contributed by atoms with van der Waals surface area (Å²) in [5.41, 5.74) is 2.46. The summed E-state index contributed by atoms with van der Waals surface area (Å²) >= 11 is 0. The van der Waals surface area contributed by atoms with E-state index in [2.05, 4.69) is 21.1 Å². The van der Waals surface area contributed by atoms with Crippen LogP contribution in [0.2, 0.25) is 0 Å². The van der Waals surface area contributed by atoms with Crippen LogP contribution in [0, 0.1) is 0 Å². The summed E-state index contributed by atoms with van der Waals surface area (Å²) in [6.07, 6.45) is 2.58. The van der Waals surface area contributed by atoms with Crippen molar-refractivity contribution in [1.82, 2.24) is 16.1 Å². The number of methoxy groups -OCH3 is 1. The van der Waals surface area contributed by atoms with E-state index in [0.717, 1.165) is 25.8 Å². The van der Waals surface area contributed by atoms with Crippen molar-refractivity contribution in [2.45, 2.75) is 25.3 Å². The molecule has 0 aliphatic carbocycles. The highest BCUT2D eigenvalue weighted by molar-refractivity contribution is 5.89. The Morgan fingerprint density at radius 3 is 3.18 bits per heavy atom. The number of amides is 1. The maximum absolute atomic E-state index is 11.5. The second-order valence-corrected chi connectivity index (χ2v) is 3.85. The lowest BCUT2D eigenvalue weighted by Crippen LogP contribution is -2.54. The van der Waals surface area contributed by atoms with Crippen LogP contribution in [0.25, 0.3) is 0 Å². The van der Waals surface area contributed by atoms with Gasteiger partial charge >= 0.3 is 0 Å². The van der Waals surface area contributed by atoms with Crippen molar-refractivity contribution in [3.05, 3.63) is 0 Å². The van der Waals surface area contributed by atoms with Gasteiger partial charge in [-0.3, -0.25) is 15.2 Å². The Kier molecular flexibility index (Phi) is 6.34. The van der Waals surface area contributed by atoms with E-state index >= 15 is 0 Å². The molecule has 0 saturated carbocycles. The molecule has 1 rings (SSSR count). The van der Waals surface area contributed by atoms with Gasteiger partial charge in [0.05, 0.1) is 0 Å². The lowest BCUT2D eigenvalue weighted by Gasteiger charge is -2.24. The van der Waals surface area contributed by atoms with Crippen LogP contribution in [0.4, 0.5) is 0 Å². The lowest BCUT2D eigenvalue weighted by atomic mass is 10.1. The number of carbonyl (C=O) groups is 1. The minimum absolute atomic E-state index is 0.00362. The number of piperidine rings is 1. The summed E-state index contributed by atoms with van der Waals surface area (Å²) < 4.78 is 4.92. The molecule has 7 nitrogen and oxygen atoms in total. The lowest BCUT2D eigenvalue weighted by molar-refractivity contribution is -0.124. The molecule has 1 atom stereocenters. The maximum atomic E-state index is 11.5. The Hall–Kier alpha value is -1.34. The first-order valence-electron chi connectivity index (χ1n) is 5.82. The maximum Gasteiger partial charge on any atom is 0.242 e. The van der Waals surface area contributed by atoms with Crippen molar-refractivity contribution < 1.29 is 9.53 Å². The fourth-order valence-corrected chi connectivity index (χ4v) is 1.61. The summed E-state index contributed by atoms with van der Waals surface area (Å²) in [5.74, 6) is 5.79. The number of hydrogen-bond donors (Lipinski definition) is 4. The van der Waals surface area contributed by atoms with Gasteiger partial charge in [-0.25, -0.2) is 5.84 Å². The van der Waals surface area contributed by atoms with E-state index in [1.165, 1.54) is 0 Å². The molecule has 98 valence electrons. The highest BCUT2D eigenvalue weighted by atomic mass is 16.5. The molecule has 1 heterocycles. The van der Waals surface area contributed by atoms with Gasteiger partial charge in [-0.1, -0.05) is 0 Å². The molecule has 1 aliphatic heterocycles. The molecule has 1 unspecified atom stereocenters. The first kappa shape index (κ1) is 13.7. The van der Waals surface area contributed by atoms with E-state index in [1.807, 2.05) is 0 Å². The number of guanidine groups is 1. The Labute approximate surface area is 101 Å². The number of carbonyl (C=O) groups excluding carboxylic acids is 1. The largest absolute Gasteiger partial charge is 0.385 e. The number of nitrogens with two attached hydrogens (primary N) is 1. The van der Waals surface area contributed by atoms with Crippen molar-refractivity contribution >= 4 is 11.9 Å². The second-order valence-electron chi connectivity index (χ2n) is 3.85. The molecule has 5 N–H and O–H groups in total. The smallest absolute Gasteiger partial charge is 0.242 e. The number of nitrogens with zero attached hydrogens (tertiary/aromatic N) is 1. The Morgan fingerprint density at radius 1 is 1.71 bits per heavy atom. The molecule has 1 fully saturated rings. The van der Waals surface area contributed by atoms with E-state index in [0.29, 0.717) is 19.1 Å². The Balaban J connectivity index is 2.36. The molecule has 0 aromatic heterocycles.